The first-order valence-corrected chi connectivity index (χ1v) is 10.6. The number of nitrogens with one attached hydrogen (secondary N) is 2. The van der Waals surface area contributed by atoms with E-state index in [1.54, 1.807) is 17.1 Å². The Bertz CT molecular complexity index is 1090. The molecule has 0 unspecified atom stereocenters. The van der Waals surface area contributed by atoms with Gasteiger partial charge in [-0.05, 0) is 30.5 Å². The van der Waals surface area contributed by atoms with Crippen LogP contribution >= 0.6 is 11.3 Å². The number of aryl methyl sites for hydroxylation is 3. The lowest BCUT2D eigenvalue weighted by molar-refractivity contribution is 0.0994. The minimum absolute atomic E-state index is 0.200. The first kappa shape index (κ1) is 20.2. The SMILES string of the molecule is Cc1nc(NC(=O)NCCc2cn(CCF)cn2)sc1-c1ccc2c(c1)CCC2=O. The van der Waals surface area contributed by atoms with Crippen molar-refractivity contribution in [2.24, 2.45) is 0 Å². The van der Waals surface area contributed by atoms with E-state index in [-0.39, 0.29) is 18.4 Å². The summed E-state index contributed by atoms with van der Waals surface area (Å²) in [5.74, 6) is 0.200. The third-order valence-electron chi connectivity index (χ3n) is 5.00. The zero-order valence-corrected chi connectivity index (χ0v) is 17.4. The Hall–Kier alpha value is -3.07. The van der Waals surface area contributed by atoms with Gasteiger partial charge in [-0.3, -0.25) is 10.1 Å². The quantitative estimate of drug-likeness (QED) is 0.601. The van der Waals surface area contributed by atoms with E-state index in [0.717, 1.165) is 39.4 Å². The van der Waals surface area contributed by atoms with Gasteiger partial charge in [0.25, 0.3) is 0 Å². The van der Waals surface area contributed by atoms with Crippen LogP contribution in [0.2, 0.25) is 0 Å². The molecule has 0 atom stereocenters. The number of benzene rings is 1. The topological polar surface area (TPSA) is 88.9 Å². The number of amides is 2. The summed E-state index contributed by atoms with van der Waals surface area (Å²) >= 11 is 1.41. The number of carbonyl (C=O) groups excluding carboxylic acids is 2. The molecule has 1 aliphatic rings. The first-order valence-electron chi connectivity index (χ1n) is 9.79. The van der Waals surface area contributed by atoms with Crippen molar-refractivity contribution in [1.29, 1.82) is 0 Å². The monoisotopic (exact) mass is 427 g/mol. The molecular formula is C21H22FN5O2S. The van der Waals surface area contributed by atoms with Crippen LogP contribution in [0.25, 0.3) is 10.4 Å². The molecule has 3 aromatic rings. The van der Waals surface area contributed by atoms with E-state index in [1.165, 1.54) is 11.3 Å². The minimum atomic E-state index is -0.435. The number of fused-ring (bicyclic) bond motifs is 1. The Balaban J connectivity index is 1.34. The van der Waals surface area contributed by atoms with Gasteiger partial charge in [0.05, 0.1) is 29.1 Å². The zero-order chi connectivity index (χ0) is 21.1. The molecular weight excluding hydrogens is 405 g/mol. The normalized spacial score (nSPS) is 12.8. The molecule has 7 nitrogen and oxygen atoms in total. The van der Waals surface area contributed by atoms with Gasteiger partial charge < -0.3 is 9.88 Å². The molecule has 2 N–H and O–H groups in total. The van der Waals surface area contributed by atoms with Crippen molar-refractivity contribution in [2.75, 3.05) is 18.5 Å². The number of nitrogens with zero attached hydrogens (tertiary/aromatic N) is 3. The second kappa shape index (κ2) is 8.74. The van der Waals surface area contributed by atoms with Crippen LogP contribution in [0.15, 0.2) is 30.7 Å². The summed E-state index contributed by atoms with van der Waals surface area (Å²) < 4.78 is 14.0. The van der Waals surface area contributed by atoms with E-state index in [9.17, 15) is 14.0 Å². The molecule has 156 valence electrons. The van der Waals surface area contributed by atoms with Crippen molar-refractivity contribution < 1.29 is 14.0 Å². The lowest BCUT2D eigenvalue weighted by atomic mass is 10.0. The van der Waals surface area contributed by atoms with Crippen LogP contribution in [0.1, 0.15) is 33.7 Å². The number of hydrogen-bond acceptors (Lipinski definition) is 5. The number of ketones is 1. The third kappa shape index (κ3) is 4.40. The molecule has 0 fully saturated rings. The van der Waals surface area contributed by atoms with E-state index in [2.05, 4.69) is 20.6 Å². The lowest BCUT2D eigenvalue weighted by Crippen LogP contribution is -2.30. The van der Waals surface area contributed by atoms with Crippen LogP contribution in [0.3, 0.4) is 0 Å². The van der Waals surface area contributed by atoms with Gasteiger partial charge in [-0.1, -0.05) is 23.5 Å². The highest BCUT2D eigenvalue weighted by Gasteiger charge is 2.21. The standard InChI is InChI=1S/C21H22FN5O2S/c1-13-19(15-2-4-17-14(10-15)3-5-18(17)28)30-21(25-13)26-20(29)23-8-6-16-11-27(9-7-22)12-24-16/h2,4,10-12H,3,5-9H2,1H3,(H2,23,25,26,29). The number of urea groups is 1. The minimum Gasteiger partial charge on any atom is -0.337 e. The molecule has 0 saturated heterocycles. The number of Topliss-reactive ketones (excluding diaryl/α,β-unsaturated/α-hetero) is 1. The van der Waals surface area contributed by atoms with Gasteiger partial charge >= 0.3 is 6.03 Å². The van der Waals surface area contributed by atoms with Crippen molar-refractivity contribution in [3.8, 4) is 10.4 Å². The fourth-order valence-corrected chi connectivity index (χ4v) is 4.47. The zero-order valence-electron chi connectivity index (χ0n) is 16.6. The summed E-state index contributed by atoms with van der Waals surface area (Å²) in [7, 11) is 0. The lowest BCUT2D eigenvalue weighted by Gasteiger charge is -2.04. The highest BCUT2D eigenvalue weighted by atomic mass is 32.1. The third-order valence-corrected chi connectivity index (χ3v) is 6.12. The Morgan fingerprint density at radius 2 is 2.20 bits per heavy atom. The van der Waals surface area contributed by atoms with Crippen LogP contribution in [0, 0.1) is 6.92 Å². The molecule has 2 aromatic heterocycles. The summed E-state index contributed by atoms with van der Waals surface area (Å²) in [6.45, 7) is 2.16. The van der Waals surface area contributed by atoms with Crippen LogP contribution < -0.4 is 10.6 Å². The van der Waals surface area contributed by atoms with Crippen molar-refractivity contribution in [3.05, 3.63) is 53.2 Å². The summed E-state index contributed by atoms with van der Waals surface area (Å²) in [5.41, 5.74) is 4.53. The van der Waals surface area contributed by atoms with Crippen molar-refractivity contribution in [1.82, 2.24) is 19.9 Å². The average molecular weight is 428 g/mol. The van der Waals surface area contributed by atoms with Crippen LogP contribution in [0.4, 0.5) is 14.3 Å². The molecule has 30 heavy (non-hydrogen) atoms. The number of imidazole rings is 1. The molecule has 0 radical (unpaired) electrons. The van der Waals surface area contributed by atoms with Gasteiger partial charge in [0.1, 0.15) is 6.67 Å². The van der Waals surface area contributed by atoms with Gasteiger partial charge in [-0.2, -0.15) is 0 Å². The second-order valence-electron chi connectivity index (χ2n) is 7.15. The predicted molar refractivity (Wildman–Crippen MR) is 114 cm³/mol. The van der Waals surface area contributed by atoms with E-state index in [4.69, 9.17) is 0 Å². The fourth-order valence-electron chi connectivity index (χ4n) is 3.52. The van der Waals surface area contributed by atoms with Gasteiger partial charge in [-0.15, -0.1) is 0 Å². The van der Waals surface area contributed by atoms with Crippen LogP contribution in [-0.4, -0.2) is 39.6 Å². The molecule has 2 amide bonds. The van der Waals surface area contributed by atoms with Gasteiger partial charge in [0.2, 0.25) is 0 Å². The Morgan fingerprint density at radius 3 is 3.03 bits per heavy atom. The molecule has 2 heterocycles. The molecule has 9 heteroatoms. The number of anilines is 1. The number of aromatic nitrogens is 3. The fraction of sp³-hybridized carbons (Fsp3) is 0.333. The average Bonchev–Trinajstić information content (AvgIpc) is 3.42. The molecule has 0 spiro atoms. The number of rotatable bonds is 7. The summed E-state index contributed by atoms with van der Waals surface area (Å²) in [6.07, 6.45) is 5.27. The van der Waals surface area contributed by atoms with Gasteiger partial charge in [0, 0.05) is 31.1 Å². The van der Waals surface area contributed by atoms with Gasteiger partial charge in [-0.25, -0.2) is 19.2 Å². The molecule has 0 aliphatic heterocycles. The van der Waals surface area contributed by atoms with E-state index >= 15 is 0 Å². The Labute approximate surface area is 177 Å². The predicted octanol–water partition coefficient (Wildman–Crippen LogP) is 3.78. The summed E-state index contributed by atoms with van der Waals surface area (Å²) in [5, 5.41) is 6.07. The maximum absolute atomic E-state index is 12.3. The molecule has 1 aromatic carbocycles. The van der Waals surface area contributed by atoms with Crippen molar-refractivity contribution in [3.63, 3.8) is 0 Å². The highest BCUT2D eigenvalue weighted by Crippen LogP contribution is 2.35. The smallest absolute Gasteiger partial charge is 0.321 e. The summed E-state index contributed by atoms with van der Waals surface area (Å²) in [6, 6.07) is 5.53. The molecule has 1 aliphatic carbocycles. The highest BCUT2D eigenvalue weighted by molar-refractivity contribution is 7.19. The summed E-state index contributed by atoms with van der Waals surface area (Å²) in [4.78, 5) is 33.6. The molecule has 0 saturated carbocycles. The molecule has 0 bridgehead atoms. The number of halogens is 1. The molecule has 4 rings (SSSR count). The maximum Gasteiger partial charge on any atom is 0.321 e. The number of thiazole rings is 1. The van der Waals surface area contributed by atoms with Crippen molar-refractivity contribution >= 4 is 28.3 Å². The van der Waals surface area contributed by atoms with E-state index < -0.39 is 6.67 Å². The van der Waals surface area contributed by atoms with E-state index in [1.807, 2.05) is 25.1 Å². The maximum atomic E-state index is 12.3. The Morgan fingerprint density at radius 1 is 1.33 bits per heavy atom. The van der Waals surface area contributed by atoms with Gasteiger partial charge in [0.15, 0.2) is 10.9 Å². The van der Waals surface area contributed by atoms with Crippen LogP contribution in [0.5, 0.6) is 0 Å². The van der Waals surface area contributed by atoms with E-state index in [0.29, 0.717) is 24.5 Å². The number of alkyl halides is 1. The number of carbonyl (C=O) groups is 2. The second-order valence-corrected chi connectivity index (χ2v) is 8.15. The van der Waals surface area contributed by atoms with Crippen molar-refractivity contribution in [2.45, 2.75) is 32.7 Å². The largest absolute Gasteiger partial charge is 0.337 e. The number of hydrogen-bond donors (Lipinski definition) is 2. The van der Waals surface area contributed by atoms with Crippen LogP contribution in [-0.2, 0) is 19.4 Å². The Kier molecular flexibility index (Phi) is 5.89. The first-order chi connectivity index (χ1) is 14.5.